The van der Waals surface area contributed by atoms with Crippen LogP contribution in [0.5, 0.6) is 0 Å². The molecule has 1 heterocycles. The lowest BCUT2D eigenvalue weighted by molar-refractivity contribution is 0.308. The lowest BCUT2D eigenvalue weighted by Crippen LogP contribution is -2.33. The maximum Gasteiger partial charge on any atom is 0.0342 e. The summed E-state index contributed by atoms with van der Waals surface area (Å²) in [6.07, 6.45) is 6.14. The molecule has 1 aromatic rings. The average Bonchev–Trinajstić information content (AvgIpc) is 2.15. The molecule has 2 nitrogen and oxygen atoms in total. The van der Waals surface area contributed by atoms with Crippen LogP contribution in [-0.2, 0) is 6.54 Å². The van der Waals surface area contributed by atoms with Gasteiger partial charge in [-0.25, -0.2) is 0 Å². The molecule has 1 N–H and O–H groups in total. The molecule has 0 saturated heterocycles. The van der Waals surface area contributed by atoms with E-state index in [-0.39, 0.29) is 0 Å². The lowest BCUT2D eigenvalue weighted by Gasteiger charge is -2.30. The predicted octanol–water partition coefficient (Wildman–Crippen LogP) is 2.50. The van der Waals surface area contributed by atoms with Crippen LogP contribution in [0.3, 0.4) is 0 Å². The smallest absolute Gasteiger partial charge is 0.0342 e. The van der Waals surface area contributed by atoms with Gasteiger partial charge in [-0.3, -0.25) is 4.98 Å². The highest BCUT2D eigenvalue weighted by Gasteiger charge is 2.26. The number of pyridine rings is 1. The topological polar surface area (TPSA) is 24.9 Å². The molecule has 1 aliphatic carbocycles. The molecule has 1 saturated carbocycles. The van der Waals surface area contributed by atoms with E-state index in [1.807, 2.05) is 12.4 Å². The maximum absolute atomic E-state index is 5.92. The minimum atomic E-state index is 0.428. The second-order valence-corrected chi connectivity index (χ2v) is 5.05. The zero-order valence-electron chi connectivity index (χ0n) is 9.04. The van der Waals surface area contributed by atoms with E-state index in [9.17, 15) is 0 Å². The number of aromatic nitrogens is 1. The van der Waals surface area contributed by atoms with Gasteiger partial charge in [0.05, 0.1) is 0 Å². The van der Waals surface area contributed by atoms with E-state index in [1.165, 1.54) is 24.0 Å². The van der Waals surface area contributed by atoms with Gasteiger partial charge in [0, 0.05) is 24.3 Å². The van der Waals surface area contributed by atoms with Crippen LogP contribution in [0.2, 0.25) is 0 Å². The number of nitrogens with one attached hydrogen (secondary N) is 1. The third-order valence-corrected chi connectivity index (χ3v) is 3.23. The number of hydrogen-bond acceptors (Lipinski definition) is 2. The van der Waals surface area contributed by atoms with Crippen molar-refractivity contribution in [1.29, 1.82) is 0 Å². The van der Waals surface area contributed by atoms with Gasteiger partial charge in [-0.2, -0.15) is 0 Å². The van der Waals surface area contributed by atoms with Crippen molar-refractivity contribution in [3.05, 3.63) is 29.6 Å². The van der Waals surface area contributed by atoms with Gasteiger partial charge < -0.3 is 5.32 Å². The normalized spacial score (nSPS) is 24.9. The fraction of sp³-hybridized carbons (Fsp3) is 0.583. The van der Waals surface area contributed by atoms with E-state index < -0.39 is 0 Å². The van der Waals surface area contributed by atoms with Crippen LogP contribution < -0.4 is 5.32 Å². The number of nitrogens with zero attached hydrogens (tertiary/aromatic N) is 1. The van der Waals surface area contributed by atoms with Gasteiger partial charge >= 0.3 is 0 Å². The number of halogens is 1. The highest BCUT2D eigenvalue weighted by atomic mass is 35.5. The Balaban J connectivity index is 1.69. The Morgan fingerprint density at radius 3 is 2.93 bits per heavy atom. The van der Waals surface area contributed by atoms with Crippen LogP contribution in [0.25, 0.3) is 0 Å². The summed E-state index contributed by atoms with van der Waals surface area (Å²) in [5.41, 5.74) is 2.48. The summed E-state index contributed by atoms with van der Waals surface area (Å²) < 4.78 is 0. The molecular weight excluding hydrogens is 208 g/mol. The Bertz CT molecular complexity index is 321. The molecule has 1 aliphatic rings. The Labute approximate surface area is 96.1 Å². The summed E-state index contributed by atoms with van der Waals surface area (Å²) in [5.74, 6) is 0.783. The molecule has 15 heavy (non-hydrogen) atoms. The second-order valence-electron chi connectivity index (χ2n) is 4.44. The standard InChI is InChI=1S/C12H17ClN2/c1-9-2-11(7-14-5-9)8-15-6-10-3-12(13)4-10/h2,5,7,10,12,15H,3-4,6,8H2,1H3. The molecule has 0 aliphatic heterocycles. The molecule has 0 spiro atoms. The van der Waals surface area contributed by atoms with Gasteiger partial charge in [0.15, 0.2) is 0 Å². The molecular formula is C12H17ClN2. The largest absolute Gasteiger partial charge is 0.312 e. The molecule has 82 valence electrons. The monoisotopic (exact) mass is 224 g/mol. The number of aryl methyl sites for hydroxylation is 1. The minimum Gasteiger partial charge on any atom is -0.312 e. The van der Waals surface area contributed by atoms with Crippen molar-refractivity contribution < 1.29 is 0 Å². The van der Waals surface area contributed by atoms with Gasteiger partial charge in [0.1, 0.15) is 0 Å². The summed E-state index contributed by atoms with van der Waals surface area (Å²) in [6, 6.07) is 2.17. The van der Waals surface area contributed by atoms with Crippen LogP contribution >= 0.6 is 11.6 Å². The third-order valence-electron chi connectivity index (χ3n) is 2.87. The highest BCUT2D eigenvalue weighted by molar-refractivity contribution is 6.21. The summed E-state index contributed by atoms with van der Waals surface area (Å²) in [5, 5.41) is 3.88. The van der Waals surface area contributed by atoms with Crippen molar-refractivity contribution in [3.63, 3.8) is 0 Å². The van der Waals surface area contributed by atoms with E-state index in [1.54, 1.807) is 0 Å². The summed E-state index contributed by atoms with van der Waals surface area (Å²) in [7, 11) is 0. The van der Waals surface area contributed by atoms with Crippen LogP contribution in [0, 0.1) is 12.8 Å². The lowest BCUT2D eigenvalue weighted by atomic mass is 9.85. The minimum absolute atomic E-state index is 0.428. The first-order chi connectivity index (χ1) is 7.24. The maximum atomic E-state index is 5.92. The Morgan fingerprint density at radius 2 is 2.27 bits per heavy atom. The van der Waals surface area contributed by atoms with Crippen LogP contribution in [-0.4, -0.2) is 16.9 Å². The molecule has 1 fully saturated rings. The number of alkyl halides is 1. The first-order valence-corrected chi connectivity index (χ1v) is 5.93. The number of rotatable bonds is 4. The zero-order valence-corrected chi connectivity index (χ0v) is 9.80. The number of hydrogen-bond donors (Lipinski definition) is 1. The van der Waals surface area contributed by atoms with Gasteiger partial charge in [-0.15, -0.1) is 11.6 Å². The fourth-order valence-electron chi connectivity index (χ4n) is 1.96. The van der Waals surface area contributed by atoms with Crippen LogP contribution in [0.4, 0.5) is 0 Å². The van der Waals surface area contributed by atoms with Crippen LogP contribution in [0.1, 0.15) is 24.0 Å². The van der Waals surface area contributed by atoms with Crippen molar-refractivity contribution in [2.75, 3.05) is 6.54 Å². The van der Waals surface area contributed by atoms with E-state index >= 15 is 0 Å². The van der Waals surface area contributed by atoms with E-state index in [0.29, 0.717) is 5.38 Å². The molecule has 0 amide bonds. The fourth-order valence-corrected chi connectivity index (χ4v) is 2.46. The van der Waals surface area contributed by atoms with E-state index in [4.69, 9.17) is 11.6 Å². The summed E-state index contributed by atoms with van der Waals surface area (Å²) >= 11 is 5.92. The van der Waals surface area contributed by atoms with E-state index in [2.05, 4.69) is 23.3 Å². The van der Waals surface area contributed by atoms with E-state index in [0.717, 1.165) is 19.0 Å². The van der Waals surface area contributed by atoms with Gasteiger partial charge in [-0.1, -0.05) is 6.07 Å². The molecule has 0 atom stereocenters. The summed E-state index contributed by atoms with van der Waals surface area (Å²) in [6.45, 7) is 4.07. The molecule has 0 aromatic carbocycles. The molecule has 0 unspecified atom stereocenters. The SMILES string of the molecule is Cc1cncc(CNCC2CC(Cl)C2)c1. The van der Waals surface area contributed by atoms with Gasteiger partial charge in [-0.05, 0) is 43.4 Å². The zero-order chi connectivity index (χ0) is 10.7. The van der Waals surface area contributed by atoms with Crippen molar-refractivity contribution in [1.82, 2.24) is 10.3 Å². The quantitative estimate of drug-likeness (QED) is 0.795. The molecule has 2 rings (SSSR count). The Kier molecular flexibility index (Phi) is 3.60. The van der Waals surface area contributed by atoms with Crippen molar-refractivity contribution in [2.24, 2.45) is 5.92 Å². The van der Waals surface area contributed by atoms with Gasteiger partial charge in [0.25, 0.3) is 0 Å². The first kappa shape index (κ1) is 10.9. The Morgan fingerprint density at radius 1 is 1.47 bits per heavy atom. The van der Waals surface area contributed by atoms with Crippen LogP contribution in [0.15, 0.2) is 18.5 Å². The molecule has 0 radical (unpaired) electrons. The molecule has 0 bridgehead atoms. The van der Waals surface area contributed by atoms with Crippen molar-refractivity contribution in [2.45, 2.75) is 31.7 Å². The summed E-state index contributed by atoms with van der Waals surface area (Å²) in [4.78, 5) is 4.17. The highest BCUT2D eigenvalue weighted by Crippen LogP contribution is 2.31. The molecule has 3 heteroatoms. The van der Waals surface area contributed by atoms with Gasteiger partial charge in [0.2, 0.25) is 0 Å². The van der Waals surface area contributed by atoms with Crippen molar-refractivity contribution in [3.8, 4) is 0 Å². The average molecular weight is 225 g/mol. The molecule has 1 aromatic heterocycles. The first-order valence-electron chi connectivity index (χ1n) is 5.49. The second kappa shape index (κ2) is 4.95. The predicted molar refractivity (Wildman–Crippen MR) is 63.0 cm³/mol. The Hall–Kier alpha value is -0.600. The third kappa shape index (κ3) is 3.18. The van der Waals surface area contributed by atoms with Crippen molar-refractivity contribution >= 4 is 11.6 Å².